The molecule has 0 radical (unpaired) electrons. The van der Waals surface area contributed by atoms with Crippen LogP contribution in [0.15, 0.2) is 24.3 Å². The summed E-state index contributed by atoms with van der Waals surface area (Å²) in [6.45, 7) is 0. The van der Waals surface area contributed by atoms with Gasteiger partial charge in [-0.05, 0) is 6.07 Å². The minimum atomic E-state index is -1.12. The Morgan fingerprint density at radius 2 is 1.53 bits per heavy atom. The van der Waals surface area contributed by atoms with Crippen LogP contribution < -0.4 is 4.74 Å². The predicted molar refractivity (Wildman–Crippen MR) is 59.8 cm³/mol. The Balaban J connectivity index is 3.21. The first-order valence-corrected chi connectivity index (χ1v) is 4.94. The molecule has 0 fully saturated rings. The van der Waals surface area contributed by atoms with Crippen molar-refractivity contribution in [1.29, 1.82) is 0 Å². The molecular weight excluding hydrogens is 224 g/mol. The van der Waals surface area contributed by atoms with Crippen molar-refractivity contribution in [3.05, 3.63) is 29.8 Å². The largest absolute Gasteiger partial charge is 0.496 e. The molecule has 0 aliphatic carbocycles. The van der Waals surface area contributed by atoms with Crippen molar-refractivity contribution >= 4 is 11.9 Å². The van der Waals surface area contributed by atoms with Crippen molar-refractivity contribution in [3.8, 4) is 5.75 Å². The smallest absolute Gasteiger partial charge is 0.324 e. The summed E-state index contributed by atoms with van der Waals surface area (Å²) >= 11 is 0. The molecule has 0 heterocycles. The van der Waals surface area contributed by atoms with Crippen molar-refractivity contribution in [2.45, 2.75) is 5.92 Å². The lowest BCUT2D eigenvalue weighted by molar-refractivity contribution is -0.154. The zero-order valence-corrected chi connectivity index (χ0v) is 9.93. The molecule has 0 unspecified atom stereocenters. The molecule has 0 aliphatic rings. The summed E-state index contributed by atoms with van der Waals surface area (Å²) in [5.74, 6) is -2.04. The summed E-state index contributed by atoms with van der Waals surface area (Å²) in [7, 11) is 3.89. The summed E-state index contributed by atoms with van der Waals surface area (Å²) in [6.07, 6.45) is 0. The van der Waals surface area contributed by atoms with Gasteiger partial charge in [-0.3, -0.25) is 9.59 Å². The Morgan fingerprint density at radius 3 is 2.00 bits per heavy atom. The fourth-order valence-corrected chi connectivity index (χ4v) is 1.49. The van der Waals surface area contributed by atoms with Gasteiger partial charge in [-0.15, -0.1) is 0 Å². The lowest BCUT2D eigenvalue weighted by Gasteiger charge is -2.15. The highest BCUT2D eigenvalue weighted by molar-refractivity contribution is 6.01. The normalized spacial score (nSPS) is 9.88. The Hall–Kier alpha value is -2.04. The molecule has 1 aromatic rings. The van der Waals surface area contributed by atoms with Gasteiger partial charge in [0.05, 0.1) is 21.3 Å². The van der Waals surface area contributed by atoms with Crippen molar-refractivity contribution in [3.63, 3.8) is 0 Å². The van der Waals surface area contributed by atoms with E-state index in [1.54, 1.807) is 24.3 Å². The second-order valence-electron chi connectivity index (χ2n) is 3.22. The average molecular weight is 238 g/mol. The third kappa shape index (κ3) is 2.75. The maximum Gasteiger partial charge on any atom is 0.324 e. The topological polar surface area (TPSA) is 61.8 Å². The van der Waals surface area contributed by atoms with Crippen LogP contribution in [0.1, 0.15) is 11.5 Å². The zero-order chi connectivity index (χ0) is 12.8. The highest BCUT2D eigenvalue weighted by Gasteiger charge is 2.32. The van der Waals surface area contributed by atoms with Crippen LogP contribution in [0, 0.1) is 0 Å². The van der Waals surface area contributed by atoms with E-state index in [9.17, 15) is 9.59 Å². The van der Waals surface area contributed by atoms with Gasteiger partial charge in [-0.2, -0.15) is 0 Å². The molecule has 0 bridgehead atoms. The molecule has 0 aliphatic heterocycles. The second-order valence-corrected chi connectivity index (χ2v) is 3.22. The van der Waals surface area contributed by atoms with E-state index in [0.717, 1.165) is 0 Å². The summed E-state index contributed by atoms with van der Waals surface area (Å²) in [6, 6.07) is 6.73. The second kappa shape index (κ2) is 5.89. The van der Waals surface area contributed by atoms with Crippen molar-refractivity contribution in [2.24, 2.45) is 0 Å². The van der Waals surface area contributed by atoms with Crippen LogP contribution in [0.25, 0.3) is 0 Å². The lowest BCUT2D eigenvalue weighted by atomic mass is 9.98. The number of esters is 2. The van der Waals surface area contributed by atoms with E-state index in [1.165, 1.54) is 21.3 Å². The molecule has 0 saturated heterocycles. The molecule has 0 spiro atoms. The molecule has 1 aromatic carbocycles. The molecule has 0 atom stereocenters. The van der Waals surface area contributed by atoms with Gasteiger partial charge < -0.3 is 14.2 Å². The highest BCUT2D eigenvalue weighted by atomic mass is 16.5. The number of benzene rings is 1. The number of carbonyl (C=O) groups excluding carboxylic acids is 2. The van der Waals surface area contributed by atoms with Crippen LogP contribution >= 0.6 is 0 Å². The first-order chi connectivity index (χ1) is 8.15. The Labute approximate surface area is 99.3 Å². The number of rotatable bonds is 4. The van der Waals surface area contributed by atoms with E-state index in [2.05, 4.69) is 9.47 Å². The number of methoxy groups -OCH3 is 3. The minimum absolute atomic E-state index is 0.425. The fourth-order valence-electron chi connectivity index (χ4n) is 1.49. The van der Waals surface area contributed by atoms with E-state index in [0.29, 0.717) is 11.3 Å². The van der Waals surface area contributed by atoms with Gasteiger partial charge >= 0.3 is 11.9 Å². The number of para-hydroxylation sites is 1. The van der Waals surface area contributed by atoms with Gasteiger partial charge in [0.25, 0.3) is 0 Å². The number of hydrogen-bond acceptors (Lipinski definition) is 5. The summed E-state index contributed by atoms with van der Waals surface area (Å²) in [5.41, 5.74) is 0.425. The molecule has 92 valence electrons. The van der Waals surface area contributed by atoms with Crippen LogP contribution in [-0.2, 0) is 19.1 Å². The molecule has 0 N–H and O–H groups in total. The molecule has 5 heteroatoms. The standard InChI is InChI=1S/C12H14O5/c1-15-9-7-5-4-6-8(9)10(11(13)16-2)12(14)17-3/h4-7,10H,1-3H3. The van der Waals surface area contributed by atoms with Gasteiger partial charge in [-0.1, -0.05) is 18.2 Å². The van der Waals surface area contributed by atoms with Crippen molar-refractivity contribution < 1.29 is 23.8 Å². The van der Waals surface area contributed by atoms with Crippen LogP contribution in [0.2, 0.25) is 0 Å². The molecule has 0 aromatic heterocycles. The van der Waals surface area contributed by atoms with Crippen LogP contribution in [0.4, 0.5) is 0 Å². The number of hydrogen-bond donors (Lipinski definition) is 0. The van der Waals surface area contributed by atoms with Gasteiger partial charge in [0, 0.05) is 5.56 Å². The fraction of sp³-hybridized carbons (Fsp3) is 0.333. The number of carbonyl (C=O) groups is 2. The predicted octanol–water partition coefficient (Wildman–Crippen LogP) is 1.12. The maximum atomic E-state index is 11.6. The summed E-state index contributed by atoms with van der Waals surface area (Å²) in [5, 5.41) is 0. The first-order valence-electron chi connectivity index (χ1n) is 4.94. The Bertz CT molecular complexity index is 397. The van der Waals surface area contributed by atoms with E-state index < -0.39 is 17.9 Å². The van der Waals surface area contributed by atoms with Gasteiger partial charge in [0.1, 0.15) is 5.75 Å². The van der Waals surface area contributed by atoms with E-state index in [-0.39, 0.29) is 0 Å². The van der Waals surface area contributed by atoms with Gasteiger partial charge in [0.15, 0.2) is 5.92 Å². The van der Waals surface area contributed by atoms with E-state index >= 15 is 0 Å². The van der Waals surface area contributed by atoms with Crippen molar-refractivity contribution in [1.82, 2.24) is 0 Å². The molecule has 1 rings (SSSR count). The molecule has 0 saturated carbocycles. The van der Waals surface area contributed by atoms with Gasteiger partial charge in [0.2, 0.25) is 0 Å². The van der Waals surface area contributed by atoms with Crippen molar-refractivity contribution in [2.75, 3.05) is 21.3 Å². The minimum Gasteiger partial charge on any atom is -0.496 e. The average Bonchev–Trinajstić information content (AvgIpc) is 2.39. The van der Waals surface area contributed by atoms with Crippen LogP contribution in [-0.4, -0.2) is 33.3 Å². The molecule has 17 heavy (non-hydrogen) atoms. The quantitative estimate of drug-likeness (QED) is 0.581. The van der Waals surface area contributed by atoms with Gasteiger partial charge in [-0.25, -0.2) is 0 Å². The maximum absolute atomic E-state index is 11.6. The summed E-state index contributed by atoms with van der Waals surface area (Å²) < 4.78 is 14.3. The lowest BCUT2D eigenvalue weighted by Crippen LogP contribution is -2.24. The van der Waals surface area contributed by atoms with E-state index in [4.69, 9.17) is 4.74 Å². The number of ether oxygens (including phenoxy) is 3. The highest BCUT2D eigenvalue weighted by Crippen LogP contribution is 2.28. The van der Waals surface area contributed by atoms with E-state index in [1.807, 2.05) is 0 Å². The summed E-state index contributed by atoms with van der Waals surface area (Å²) in [4.78, 5) is 23.2. The Morgan fingerprint density at radius 1 is 1.00 bits per heavy atom. The third-order valence-corrected chi connectivity index (χ3v) is 2.32. The SMILES string of the molecule is COC(=O)C(C(=O)OC)c1ccccc1OC. The van der Waals surface area contributed by atoms with Crippen LogP contribution in [0.5, 0.6) is 5.75 Å². The monoisotopic (exact) mass is 238 g/mol. The third-order valence-electron chi connectivity index (χ3n) is 2.32. The molecular formula is C12H14O5. The van der Waals surface area contributed by atoms with Crippen LogP contribution in [0.3, 0.4) is 0 Å². The zero-order valence-electron chi connectivity index (χ0n) is 9.93. The first kappa shape index (κ1) is 13.0. The molecule has 5 nitrogen and oxygen atoms in total. The molecule has 0 amide bonds. The Kier molecular flexibility index (Phi) is 4.51.